The molecule has 0 saturated carbocycles. The minimum Gasteiger partial charge on any atom is -0.381 e. The van der Waals surface area contributed by atoms with Crippen molar-refractivity contribution in [3.05, 3.63) is 66.6 Å². The molecular weight excluding hydrogens is 406 g/mol. The number of aryl methyl sites for hydroxylation is 1. The molecule has 0 unspecified atom stereocenters. The third kappa shape index (κ3) is 4.39. The van der Waals surface area contributed by atoms with Crippen LogP contribution in [-0.2, 0) is 14.8 Å². The van der Waals surface area contributed by atoms with Crippen LogP contribution in [0.3, 0.4) is 0 Å². The number of hydrogen-bond acceptors (Lipinski definition) is 7. The highest BCUT2D eigenvalue weighted by Crippen LogP contribution is 2.23. The number of amides is 1. The van der Waals surface area contributed by atoms with Crippen LogP contribution >= 0.6 is 0 Å². The van der Waals surface area contributed by atoms with Crippen LogP contribution in [0.1, 0.15) is 12.0 Å². The summed E-state index contributed by atoms with van der Waals surface area (Å²) in [6.07, 6.45) is 8.41. The monoisotopic (exact) mass is 429 g/mol. The molecule has 1 aliphatic carbocycles. The van der Waals surface area contributed by atoms with Crippen LogP contribution in [0.15, 0.2) is 59.5 Å². The maximum Gasteiger partial charge on any atom is 0.528 e. The van der Waals surface area contributed by atoms with Gasteiger partial charge in [-0.1, -0.05) is 23.8 Å². The lowest BCUT2D eigenvalue weighted by Gasteiger charge is -2.24. The molecule has 30 heavy (non-hydrogen) atoms. The molecule has 0 saturated heterocycles. The fourth-order valence-electron chi connectivity index (χ4n) is 2.54. The van der Waals surface area contributed by atoms with E-state index in [1.54, 1.807) is 44.5 Å². The molecule has 1 radical (unpaired) electrons. The van der Waals surface area contributed by atoms with Crippen molar-refractivity contribution in [1.82, 2.24) is 19.4 Å². The van der Waals surface area contributed by atoms with Crippen molar-refractivity contribution < 1.29 is 17.9 Å². The van der Waals surface area contributed by atoms with Gasteiger partial charge in [0.15, 0.2) is 0 Å². The second-order valence-corrected chi connectivity index (χ2v) is 9.10. The molecule has 0 bridgehead atoms. The van der Waals surface area contributed by atoms with Crippen LogP contribution in [0.2, 0.25) is 0 Å². The van der Waals surface area contributed by atoms with Gasteiger partial charge in [-0.25, -0.2) is 12.7 Å². The summed E-state index contributed by atoms with van der Waals surface area (Å²) in [6, 6.07) is 6.45. The van der Waals surface area contributed by atoms with Gasteiger partial charge in [0.05, 0.1) is 19.0 Å². The SMILES string of the molecule is Cc1ccc(S(=O)(=O)N(C)c2ncnc([N+](C)(C)C(=O)OC3=CC[CH]C=C3)n2)cc1. The van der Waals surface area contributed by atoms with Gasteiger partial charge in [0.2, 0.25) is 5.95 Å². The number of ether oxygens (including phenoxy) is 1. The Morgan fingerprint density at radius 3 is 2.50 bits per heavy atom. The molecule has 157 valence electrons. The summed E-state index contributed by atoms with van der Waals surface area (Å²) in [4.78, 5) is 25.1. The minimum absolute atomic E-state index is 0.0444. The zero-order valence-electron chi connectivity index (χ0n) is 17.2. The second-order valence-electron chi connectivity index (χ2n) is 7.13. The standard InChI is InChI=1S/C20H23N5O4S/c1-15-10-12-17(13-11-15)30(27,28)24(2)18-21-14-22-19(23-18)25(3,4)20(26)29-16-8-6-5-7-9-16/h5-6,8-14H,7H2,1-4H3/q+1. The van der Waals surface area contributed by atoms with E-state index in [2.05, 4.69) is 15.0 Å². The van der Waals surface area contributed by atoms with Crippen molar-refractivity contribution in [2.75, 3.05) is 25.4 Å². The smallest absolute Gasteiger partial charge is 0.381 e. The fourth-order valence-corrected chi connectivity index (χ4v) is 3.64. The summed E-state index contributed by atoms with van der Waals surface area (Å²) >= 11 is 0. The van der Waals surface area contributed by atoms with E-state index in [-0.39, 0.29) is 16.8 Å². The fraction of sp³-hybridized carbons (Fsp3) is 0.250. The third-order valence-corrected chi connectivity index (χ3v) is 6.27. The van der Waals surface area contributed by atoms with Crippen molar-refractivity contribution in [3.8, 4) is 0 Å². The molecule has 9 nitrogen and oxygen atoms in total. The number of anilines is 1. The highest BCUT2D eigenvalue weighted by Gasteiger charge is 2.37. The number of hydrogen-bond donors (Lipinski definition) is 0. The van der Waals surface area contributed by atoms with Crippen LogP contribution in [0.5, 0.6) is 0 Å². The van der Waals surface area contributed by atoms with Gasteiger partial charge < -0.3 is 4.74 Å². The molecule has 1 amide bonds. The number of aromatic nitrogens is 3. The number of benzene rings is 1. The van der Waals surface area contributed by atoms with E-state index in [4.69, 9.17) is 4.74 Å². The molecular formula is C20H23N5O4S+. The van der Waals surface area contributed by atoms with Crippen molar-refractivity contribution in [2.45, 2.75) is 18.2 Å². The van der Waals surface area contributed by atoms with Crippen LogP contribution in [-0.4, -0.2) is 50.6 Å². The highest BCUT2D eigenvalue weighted by molar-refractivity contribution is 7.92. The number of allylic oxidation sites excluding steroid dienone is 3. The summed E-state index contributed by atoms with van der Waals surface area (Å²) in [5, 5.41) is 0. The lowest BCUT2D eigenvalue weighted by molar-refractivity contribution is 0.148. The first-order valence-electron chi connectivity index (χ1n) is 9.14. The Morgan fingerprint density at radius 1 is 1.17 bits per heavy atom. The van der Waals surface area contributed by atoms with Gasteiger partial charge in [0.25, 0.3) is 10.0 Å². The minimum atomic E-state index is -3.88. The van der Waals surface area contributed by atoms with Gasteiger partial charge in [-0.15, -0.1) is 4.98 Å². The maximum atomic E-state index is 12.9. The Bertz CT molecular complexity index is 1110. The molecule has 1 aromatic carbocycles. The quantitative estimate of drug-likeness (QED) is 0.673. The molecule has 0 aliphatic heterocycles. The van der Waals surface area contributed by atoms with E-state index in [9.17, 15) is 13.2 Å². The maximum absolute atomic E-state index is 12.9. The number of carbonyl (C=O) groups is 1. The van der Waals surface area contributed by atoms with Crippen molar-refractivity contribution in [3.63, 3.8) is 0 Å². The lowest BCUT2D eigenvalue weighted by atomic mass is 10.2. The Morgan fingerprint density at radius 2 is 1.87 bits per heavy atom. The summed E-state index contributed by atoms with van der Waals surface area (Å²) < 4.78 is 31.7. The third-order valence-electron chi connectivity index (χ3n) is 4.52. The average molecular weight is 430 g/mol. The van der Waals surface area contributed by atoms with Gasteiger partial charge in [-0.3, -0.25) is 0 Å². The zero-order chi connectivity index (χ0) is 21.9. The molecule has 0 spiro atoms. The number of nitrogens with zero attached hydrogens (tertiary/aromatic N) is 5. The topological polar surface area (TPSA) is 102 Å². The molecule has 3 rings (SSSR count). The molecule has 0 N–H and O–H groups in total. The molecule has 1 aliphatic rings. The molecule has 1 heterocycles. The molecule has 0 atom stereocenters. The second kappa shape index (κ2) is 8.33. The van der Waals surface area contributed by atoms with Crippen molar-refractivity contribution >= 4 is 28.0 Å². The predicted octanol–water partition coefficient (Wildman–Crippen LogP) is 2.76. The van der Waals surface area contributed by atoms with Crippen LogP contribution < -0.4 is 8.79 Å². The molecule has 10 heteroatoms. The zero-order valence-corrected chi connectivity index (χ0v) is 18.0. The molecule has 0 fully saturated rings. The predicted molar refractivity (Wildman–Crippen MR) is 113 cm³/mol. The van der Waals surface area contributed by atoms with E-state index in [0.717, 1.165) is 9.87 Å². The van der Waals surface area contributed by atoms with Gasteiger partial charge in [0, 0.05) is 7.05 Å². The average Bonchev–Trinajstić information content (AvgIpc) is 2.74. The summed E-state index contributed by atoms with van der Waals surface area (Å²) in [5.74, 6) is 0.371. The highest BCUT2D eigenvalue weighted by atomic mass is 32.2. The number of rotatable bonds is 5. The molecule has 1 aromatic heterocycles. The molecule has 2 aromatic rings. The first kappa shape index (κ1) is 21.6. The van der Waals surface area contributed by atoms with Gasteiger partial charge in [-0.05, 0) is 44.1 Å². The summed E-state index contributed by atoms with van der Waals surface area (Å²) in [7, 11) is 0.571. The number of quaternary nitrogens is 1. The van der Waals surface area contributed by atoms with Gasteiger partial charge >= 0.3 is 12.0 Å². The van der Waals surface area contributed by atoms with E-state index in [0.29, 0.717) is 12.2 Å². The van der Waals surface area contributed by atoms with E-state index >= 15 is 0 Å². The van der Waals surface area contributed by atoms with Gasteiger partial charge in [-0.2, -0.15) is 19.2 Å². The van der Waals surface area contributed by atoms with Crippen molar-refractivity contribution in [2.24, 2.45) is 0 Å². The number of sulfonamides is 1. The van der Waals surface area contributed by atoms with E-state index < -0.39 is 20.6 Å². The van der Waals surface area contributed by atoms with E-state index in [1.807, 2.05) is 13.3 Å². The Labute approximate surface area is 176 Å². The van der Waals surface area contributed by atoms with Crippen LogP contribution in [0, 0.1) is 13.3 Å². The van der Waals surface area contributed by atoms with E-state index in [1.165, 1.54) is 25.5 Å². The summed E-state index contributed by atoms with van der Waals surface area (Å²) in [5.41, 5.74) is 0.942. The Balaban J connectivity index is 1.87. The summed E-state index contributed by atoms with van der Waals surface area (Å²) in [6.45, 7) is 1.87. The largest absolute Gasteiger partial charge is 0.528 e. The van der Waals surface area contributed by atoms with Gasteiger partial charge in [0.1, 0.15) is 12.1 Å². The van der Waals surface area contributed by atoms with Crippen LogP contribution in [0.25, 0.3) is 0 Å². The number of carbonyl (C=O) groups excluding carboxylic acids is 1. The first-order chi connectivity index (χ1) is 14.1. The Hall–Kier alpha value is -3.11. The van der Waals surface area contributed by atoms with Crippen LogP contribution in [0.4, 0.5) is 16.7 Å². The van der Waals surface area contributed by atoms with Crippen molar-refractivity contribution in [1.29, 1.82) is 0 Å². The normalized spacial score (nSPS) is 14.2. The lowest BCUT2D eigenvalue weighted by Crippen LogP contribution is -2.48. The Kier molecular flexibility index (Phi) is 5.99. The first-order valence-corrected chi connectivity index (χ1v) is 10.6.